The normalized spacial score (nSPS) is 14.2. The molecule has 1 saturated heterocycles. The average Bonchev–Trinajstić information content (AvgIpc) is 3.47. The molecule has 40 heavy (non-hydrogen) atoms. The molecule has 0 radical (unpaired) electrons. The van der Waals surface area contributed by atoms with Gasteiger partial charge in [0.25, 0.3) is 0 Å². The van der Waals surface area contributed by atoms with Crippen molar-refractivity contribution in [3.63, 3.8) is 0 Å². The highest BCUT2D eigenvalue weighted by atomic mass is 35.5. The SMILES string of the molecule is CC(=O)Nc1cccc(Cn2nc(C)c(-c3c[nH]c4ncc(-c5ccc(N6CCN(Cl)CC6)cc5)cc34)c2C)c1. The van der Waals surface area contributed by atoms with E-state index in [4.69, 9.17) is 21.9 Å². The Morgan fingerprint density at radius 2 is 1.80 bits per heavy atom. The molecule has 0 bridgehead atoms. The van der Waals surface area contributed by atoms with Crippen LogP contribution in [-0.2, 0) is 11.3 Å². The molecular formula is C31H32ClN7O. The number of H-pyrrole nitrogens is 1. The molecule has 2 N–H and O–H groups in total. The summed E-state index contributed by atoms with van der Waals surface area (Å²) in [6, 6.07) is 18.8. The van der Waals surface area contributed by atoms with Gasteiger partial charge in [0, 0.05) is 84.6 Å². The average molecular weight is 554 g/mol. The molecule has 5 aromatic rings. The number of rotatable bonds is 6. The Labute approximate surface area is 238 Å². The van der Waals surface area contributed by atoms with Crippen molar-refractivity contribution in [2.45, 2.75) is 27.3 Å². The predicted molar refractivity (Wildman–Crippen MR) is 162 cm³/mol. The minimum absolute atomic E-state index is 0.0841. The van der Waals surface area contributed by atoms with Crippen LogP contribution >= 0.6 is 11.8 Å². The molecule has 0 unspecified atom stereocenters. The van der Waals surface area contributed by atoms with Crippen molar-refractivity contribution in [1.82, 2.24) is 24.2 Å². The summed E-state index contributed by atoms with van der Waals surface area (Å²) in [7, 11) is 0. The molecule has 3 aromatic heterocycles. The van der Waals surface area contributed by atoms with Crippen LogP contribution in [-0.4, -0.2) is 56.3 Å². The molecule has 1 fully saturated rings. The minimum Gasteiger partial charge on any atom is -0.369 e. The molecule has 4 heterocycles. The fourth-order valence-electron chi connectivity index (χ4n) is 5.54. The van der Waals surface area contributed by atoms with Gasteiger partial charge in [-0.3, -0.25) is 9.48 Å². The lowest BCUT2D eigenvalue weighted by atomic mass is 10.0. The zero-order chi connectivity index (χ0) is 27.8. The van der Waals surface area contributed by atoms with E-state index in [0.29, 0.717) is 6.54 Å². The minimum atomic E-state index is -0.0841. The predicted octanol–water partition coefficient (Wildman–Crippen LogP) is 5.99. The number of carbonyl (C=O) groups is 1. The van der Waals surface area contributed by atoms with Crippen LogP contribution in [0.1, 0.15) is 23.9 Å². The number of nitrogens with zero attached hydrogens (tertiary/aromatic N) is 5. The number of piperazine rings is 1. The van der Waals surface area contributed by atoms with Gasteiger partial charge in [0.2, 0.25) is 5.91 Å². The number of benzene rings is 2. The van der Waals surface area contributed by atoms with Gasteiger partial charge < -0.3 is 15.2 Å². The second-order valence-corrected chi connectivity index (χ2v) is 10.8. The number of aromatic nitrogens is 4. The van der Waals surface area contributed by atoms with Gasteiger partial charge in [0.1, 0.15) is 5.65 Å². The van der Waals surface area contributed by atoms with Gasteiger partial charge in [-0.2, -0.15) is 5.10 Å². The highest BCUT2D eigenvalue weighted by Crippen LogP contribution is 2.35. The summed E-state index contributed by atoms with van der Waals surface area (Å²) < 4.78 is 3.87. The summed E-state index contributed by atoms with van der Waals surface area (Å²) in [5.74, 6) is -0.0841. The lowest BCUT2D eigenvalue weighted by Gasteiger charge is -2.32. The number of aromatic amines is 1. The van der Waals surface area contributed by atoms with Gasteiger partial charge in [-0.1, -0.05) is 24.3 Å². The van der Waals surface area contributed by atoms with Crippen LogP contribution in [0.4, 0.5) is 11.4 Å². The van der Waals surface area contributed by atoms with E-state index >= 15 is 0 Å². The van der Waals surface area contributed by atoms with Crippen LogP contribution in [0.3, 0.4) is 0 Å². The quantitative estimate of drug-likeness (QED) is 0.252. The van der Waals surface area contributed by atoms with E-state index in [0.717, 1.165) is 82.1 Å². The van der Waals surface area contributed by atoms with Crippen LogP contribution in [0.2, 0.25) is 0 Å². The third-order valence-electron chi connectivity index (χ3n) is 7.55. The summed E-state index contributed by atoms with van der Waals surface area (Å²) in [6.07, 6.45) is 3.95. The Morgan fingerprint density at radius 1 is 1.02 bits per heavy atom. The second-order valence-electron chi connectivity index (χ2n) is 10.4. The van der Waals surface area contributed by atoms with Crippen LogP contribution in [0, 0.1) is 13.8 Å². The maximum absolute atomic E-state index is 11.5. The third kappa shape index (κ3) is 5.20. The summed E-state index contributed by atoms with van der Waals surface area (Å²) in [5, 5.41) is 8.80. The largest absolute Gasteiger partial charge is 0.369 e. The van der Waals surface area contributed by atoms with Gasteiger partial charge in [-0.25, -0.2) is 9.40 Å². The molecule has 1 amide bonds. The molecule has 9 heteroatoms. The fourth-order valence-corrected chi connectivity index (χ4v) is 5.69. The van der Waals surface area contributed by atoms with Gasteiger partial charge in [0.15, 0.2) is 0 Å². The highest BCUT2D eigenvalue weighted by Gasteiger charge is 2.19. The Balaban J connectivity index is 1.29. The van der Waals surface area contributed by atoms with Gasteiger partial charge in [0.05, 0.1) is 12.2 Å². The second kappa shape index (κ2) is 10.8. The Morgan fingerprint density at radius 3 is 2.55 bits per heavy atom. The lowest BCUT2D eigenvalue weighted by molar-refractivity contribution is -0.114. The molecular weight excluding hydrogens is 522 g/mol. The van der Waals surface area contributed by atoms with Crippen molar-refractivity contribution in [2.24, 2.45) is 0 Å². The number of anilines is 2. The molecule has 0 spiro atoms. The Hall–Kier alpha value is -4.14. The van der Waals surface area contributed by atoms with E-state index in [9.17, 15) is 4.79 Å². The Bertz CT molecular complexity index is 1680. The standard InChI is InChI=1S/C31H32ClN7O/c1-20-30(21(2)39(36-20)19-23-5-4-6-26(15-23)35-22(3)40)29-18-34-31-28(29)16-25(17-33-31)24-7-9-27(10-8-24)37-11-13-38(32)14-12-37/h4-10,15-18H,11-14,19H2,1-3H3,(H,33,34)(H,35,40). The first-order valence-electron chi connectivity index (χ1n) is 13.5. The van der Waals surface area contributed by atoms with E-state index in [1.165, 1.54) is 12.6 Å². The number of hydrogen-bond acceptors (Lipinski definition) is 5. The molecule has 1 aliphatic heterocycles. The zero-order valence-electron chi connectivity index (χ0n) is 22.9. The summed E-state index contributed by atoms with van der Waals surface area (Å²) in [5.41, 5.74) is 10.4. The summed E-state index contributed by atoms with van der Waals surface area (Å²) in [6.45, 7) is 9.85. The van der Waals surface area contributed by atoms with Crippen molar-refractivity contribution in [1.29, 1.82) is 0 Å². The van der Waals surface area contributed by atoms with Crippen molar-refractivity contribution in [3.05, 3.63) is 83.9 Å². The maximum Gasteiger partial charge on any atom is 0.221 e. The van der Waals surface area contributed by atoms with Crippen LogP contribution in [0.15, 0.2) is 67.0 Å². The van der Waals surface area contributed by atoms with Crippen molar-refractivity contribution in [2.75, 3.05) is 36.4 Å². The molecule has 204 valence electrons. The van der Waals surface area contributed by atoms with Crippen LogP contribution in [0.25, 0.3) is 33.3 Å². The zero-order valence-corrected chi connectivity index (χ0v) is 23.7. The van der Waals surface area contributed by atoms with E-state index in [1.807, 2.05) is 52.7 Å². The first-order valence-corrected chi connectivity index (χ1v) is 13.8. The van der Waals surface area contributed by atoms with Gasteiger partial charge in [-0.15, -0.1) is 0 Å². The van der Waals surface area contributed by atoms with Crippen molar-refractivity contribution in [3.8, 4) is 22.3 Å². The number of halogens is 1. The summed E-state index contributed by atoms with van der Waals surface area (Å²) in [4.78, 5) is 21.9. The number of hydrogen-bond donors (Lipinski definition) is 2. The molecule has 0 saturated carbocycles. The Kier molecular flexibility index (Phi) is 7.04. The molecule has 1 aliphatic rings. The molecule has 8 nitrogen and oxygen atoms in total. The van der Waals surface area contributed by atoms with Gasteiger partial charge >= 0.3 is 0 Å². The lowest BCUT2D eigenvalue weighted by Crippen LogP contribution is -2.42. The first-order chi connectivity index (χ1) is 19.4. The number of aryl methyl sites for hydroxylation is 1. The number of amides is 1. The number of pyridine rings is 1. The number of carbonyl (C=O) groups excluding carboxylic acids is 1. The molecule has 2 aromatic carbocycles. The topological polar surface area (TPSA) is 82.1 Å². The van der Waals surface area contributed by atoms with E-state index in [2.05, 4.69) is 52.5 Å². The van der Waals surface area contributed by atoms with Crippen LogP contribution < -0.4 is 10.2 Å². The molecule has 0 aliphatic carbocycles. The summed E-state index contributed by atoms with van der Waals surface area (Å²) >= 11 is 6.13. The van der Waals surface area contributed by atoms with Gasteiger partial charge in [-0.05, 0) is 67.1 Å². The molecule has 6 rings (SSSR count). The highest BCUT2D eigenvalue weighted by molar-refractivity contribution is 6.13. The van der Waals surface area contributed by atoms with E-state index < -0.39 is 0 Å². The first kappa shape index (κ1) is 26.1. The van der Waals surface area contributed by atoms with Crippen molar-refractivity contribution < 1.29 is 4.79 Å². The number of nitrogens with one attached hydrogen (secondary N) is 2. The van der Waals surface area contributed by atoms with Crippen LogP contribution in [0.5, 0.6) is 0 Å². The smallest absolute Gasteiger partial charge is 0.221 e. The monoisotopic (exact) mass is 553 g/mol. The number of fused-ring (bicyclic) bond motifs is 1. The molecule has 0 atom stereocenters. The van der Waals surface area contributed by atoms with E-state index in [1.54, 1.807) is 0 Å². The fraction of sp³-hybridized carbons (Fsp3) is 0.258. The van der Waals surface area contributed by atoms with Crippen molar-refractivity contribution >= 4 is 40.1 Å². The van der Waals surface area contributed by atoms with E-state index in [-0.39, 0.29) is 5.91 Å². The maximum atomic E-state index is 11.5. The third-order valence-corrected chi connectivity index (χ3v) is 7.89.